The minimum Gasteiger partial charge on any atom is -0.497 e. The number of hydrogen-bond donors (Lipinski definition) is 1. The van der Waals surface area contributed by atoms with Gasteiger partial charge in [0.25, 0.3) is 0 Å². The summed E-state index contributed by atoms with van der Waals surface area (Å²) in [4.78, 5) is 16.8. The van der Waals surface area contributed by atoms with Crippen molar-refractivity contribution >= 4 is 16.7 Å². The summed E-state index contributed by atoms with van der Waals surface area (Å²) in [5.41, 5.74) is 2.62. The number of carbonyl (C=O) groups is 1. The van der Waals surface area contributed by atoms with Gasteiger partial charge in [0.2, 0.25) is 11.8 Å². The molecule has 0 spiro atoms. The molecule has 0 saturated carbocycles. The molecule has 0 bridgehead atoms. The number of nitrogens with zero attached hydrogens (tertiary/aromatic N) is 1. The van der Waals surface area contributed by atoms with Crippen molar-refractivity contribution in [1.29, 1.82) is 0 Å². The summed E-state index contributed by atoms with van der Waals surface area (Å²) in [6.45, 7) is 3.75. The second-order valence-corrected chi connectivity index (χ2v) is 8.93. The number of aryl methyl sites for hydroxylation is 2. The van der Waals surface area contributed by atoms with Crippen LogP contribution in [0, 0.1) is 6.92 Å². The van der Waals surface area contributed by atoms with Gasteiger partial charge in [-0.1, -0.05) is 36.4 Å². The van der Waals surface area contributed by atoms with Gasteiger partial charge in [0.1, 0.15) is 17.3 Å². The van der Waals surface area contributed by atoms with Crippen LogP contribution < -0.4 is 10.1 Å². The lowest BCUT2D eigenvalue weighted by Crippen LogP contribution is -2.36. The van der Waals surface area contributed by atoms with Gasteiger partial charge in [-0.15, -0.1) is 0 Å². The lowest BCUT2D eigenvalue weighted by Gasteiger charge is -2.13. The normalized spacial score (nSPS) is 12.9. The SMILES string of the molecule is COc1cccc(-c2nc(C[S@@](=O)CC(=O)N[C@H](C)CCc3ccccc3)c(C)o2)c1. The molecule has 0 unspecified atom stereocenters. The van der Waals surface area contributed by atoms with E-state index in [0.29, 0.717) is 23.1 Å². The largest absolute Gasteiger partial charge is 0.497 e. The van der Waals surface area contributed by atoms with Gasteiger partial charge in [-0.2, -0.15) is 0 Å². The highest BCUT2D eigenvalue weighted by atomic mass is 32.2. The highest BCUT2D eigenvalue weighted by Crippen LogP contribution is 2.25. The van der Waals surface area contributed by atoms with E-state index in [9.17, 15) is 9.00 Å². The third-order valence-corrected chi connectivity index (χ3v) is 6.09. The Morgan fingerprint density at radius 1 is 1.19 bits per heavy atom. The quantitative estimate of drug-likeness (QED) is 0.514. The van der Waals surface area contributed by atoms with Gasteiger partial charge in [0, 0.05) is 22.4 Å². The van der Waals surface area contributed by atoms with Crippen molar-refractivity contribution in [2.24, 2.45) is 0 Å². The van der Waals surface area contributed by atoms with Crippen LogP contribution in [0.2, 0.25) is 0 Å². The monoisotopic (exact) mass is 440 g/mol. The summed E-state index contributed by atoms with van der Waals surface area (Å²) >= 11 is 0. The number of benzene rings is 2. The molecular formula is C24H28N2O4S. The van der Waals surface area contributed by atoms with Crippen molar-refractivity contribution < 1.29 is 18.2 Å². The van der Waals surface area contributed by atoms with Crippen LogP contribution in [-0.2, 0) is 27.8 Å². The van der Waals surface area contributed by atoms with Gasteiger partial charge in [0.05, 0.1) is 18.6 Å². The second-order valence-electron chi connectivity index (χ2n) is 7.48. The van der Waals surface area contributed by atoms with Crippen LogP contribution in [0.1, 0.15) is 30.4 Å². The van der Waals surface area contributed by atoms with Gasteiger partial charge in [-0.05, 0) is 50.5 Å². The second kappa shape index (κ2) is 10.9. The summed E-state index contributed by atoms with van der Waals surface area (Å²) in [5.74, 6) is 1.65. The molecule has 0 aliphatic heterocycles. The number of oxazole rings is 1. The molecule has 0 fully saturated rings. The van der Waals surface area contributed by atoms with E-state index < -0.39 is 10.8 Å². The first-order valence-corrected chi connectivity index (χ1v) is 11.7. The Morgan fingerprint density at radius 3 is 2.71 bits per heavy atom. The predicted molar refractivity (Wildman–Crippen MR) is 122 cm³/mol. The van der Waals surface area contributed by atoms with Gasteiger partial charge in [0.15, 0.2) is 0 Å². The number of rotatable bonds is 10. The molecule has 31 heavy (non-hydrogen) atoms. The van der Waals surface area contributed by atoms with Crippen molar-refractivity contribution in [2.75, 3.05) is 12.9 Å². The number of ether oxygens (including phenoxy) is 1. The van der Waals surface area contributed by atoms with Crippen molar-refractivity contribution in [2.45, 2.75) is 38.5 Å². The molecular weight excluding hydrogens is 412 g/mol. The van der Waals surface area contributed by atoms with Crippen LogP contribution in [0.5, 0.6) is 5.75 Å². The average molecular weight is 441 g/mol. The number of aromatic nitrogens is 1. The Kier molecular flexibility index (Phi) is 8.00. The molecule has 7 heteroatoms. The van der Waals surface area contributed by atoms with Crippen molar-refractivity contribution in [3.05, 3.63) is 71.6 Å². The van der Waals surface area contributed by atoms with Crippen molar-refractivity contribution in [1.82, 2.24) is 10.3 Å². The smallest absolute Gasteiger partial charge is 0.232 e. The average Bonchev–Trinajstić information content (AvgIpc) is 3.13. The fourth-order valence-corrected chi connectivity index (χ4v) is 4.26. The summed E-state index contributed by atoms with van der Waals surface area (Å²) in [6, 6.07) is 17.6. The fraction of sp³-hybridized carbons (Fsp3) is 0.333. The van der Waals surface area contributed by atoms with Crippen LogP contribution >= 0.6 is 0 Å². The zero-order valence-electron chi connectivity index (χ0n) is 18.1. The number of hydrogen-bond acceptors (Lipinski definition) is 5. The number of carbonyl (C=O) groups excluding carboxylic acids is 1. The Balaban J connectivity index is 1.50. The summed E-state index contributed by atoms with van der Waals surface area (Å²) in [6.07, 6.45) is 1.71. The molecule has 0 saturated heterocycles. The van der Waals surface area contributed by atoms with Gasteiger partial charge >= 0.3 is 0 Å². The maximum Gasteiger partial charge on any atom is 0.232 e. The Morgan fingerprint density at radius 2 is 1.97 bits per heavy atom. The van der Waals surface area contributed by atoms with Crippen molar-refractivity contribution in [3.63, 3.8) is 0 Å². The molecule has 1 heterocycles. The van der Waals surface area contributed by atoms with E-state index in [-0.39, 0.29) is 23.5 Å². The van der Waals surface area contributed by atoms with Gasteiger partial charge < -0.3 is 14.5 Å². The standard InChI is InChI=1S/C24H28N2O4S/c1-17(12-13-19-8-5-4-6-9-19)25-23(27)16-31(28)15-22-18(2)30-24(26-22)20-10-7-11-21(14-20)29-3/h4-11,14,17H,12-13,15-16H2,1-3H3,(H,25,27)/t17-,31-/m1/s1. The van der Waals surface area contributed by atoms with Gasteiger partial charge in [-0.25, -0.2) is 4.98 Å². The minimum absolute atomic E-state index is 0.0122. The summed E-state index contributed by atoms with van der Waals surface area (Å²) in [7, 11) is 0.223. The highest BCUT2D eigenvalue weighted by molar-refractivity contribution is 7.84. The van der Waals surface area contributed by atoms with E-state index in [4.69, 9.17) is 9.15 Å². The number of methoxy groups -OCH3 is 1. The lowest BCUT2D eigenvalue weighted by molar-refractivity contribution is -0.119. The van der Waals surface area contributed by atoms with Crippen LogP contribution in [0.4, 0.5) is 0 Å². The first-order chi connectivity index (χ1) is 14.9. The van der Waals surface area contributed by atoms with E-state index in [1.165, 1.54) is 5.56 Å². The first-order valence-electron chi connectivity index (χ1n) is 10.2. The lowest BCUT2D eigenvalue weighted by atomic mass is 10.1. The molecule has 0 radical (unpaired) electrons. The predicted octanol–water partition coefficient (Wildman–Crippen LogP) is 4.04. The molecule has 1 amide bonds. The van der Waals surface area contributed by atoms with Crippen molar-refractivity contribution in [3.8, 4) is 17.2 Å². The molecule has 2 aromatic carbocycles. The highest BCUT2D eigenvalue weighted by Gasteiger charge is 2.17. The zero-order chi connectivity index (χ0) is 22.2. The molecule has 1 N–H and O–H groups in total. The molecule has 6 nitrogen and oxygen atoms in total. The molecule has 2 atom stereocenters. The van der Waals surface area contributed by atoms with Crippen LogP contribution in [-0.4, -0.2) is 34.0 Å². The van der Waals surface area contributed by atoms with E-state index in [2.05, 4.69) is 22.4 Å². The molecule has 3 aromatic rings. The Hall–Kier alpha value is -2.93. The third kappa shape index (κ3) is 6.79. The third-order valence-electron chi connectivity index (χ3n) is 4.92. The molecule has 0 aliphatic rings. The molecule has 164 valence electrons. The van der Waals surface area contributed by atoms with E-state index in [1.807, 2.05) is 49.4 Å². The molecule has 0 aliphatic carbocycles. The zero-order valence-corrected chi connectivity index (χ0v) is 18.9. The number of amides is 1. The number of nitrogens with one attached hydrogen (secondary N) is 1. The van der Waals surface area contributed by atoms with E-state index >= 15 is 0 Å². The Labute approximate surface area is 185 Å². The van der Waals surface area contributed by atoms with Crippen LogP contribution in [0.15, 0.2) is 59.0 Å². The minimum atomic E-state index is -1.38. The Bertz CT molecular complexity index is 1030. The van der Waals surface area contributed by atoms with Crippen LogP contribution in [0.3, 0.4) is 0 Å². The maximum absolute atomic E-state index is 12.5. The fourth-order valence-electron chi connectivity index (χ4n) is 3.21. The van der Waals surface area contributed by atoms with E-state index in [1.54, 1.807) is 14.0 Å². The maximum atomic E-state index is 12.5. The summed E-state index contributed by atoms with van der Waals surface area (Å²) < 4.78 is 23.5. The molecule has 1 aromatic heterocycles. The molecule has 3 rings (SSSR count). The topological polar surface area (TPSA) is 81.4 Å². The first kappa shape index (κ1) is 22.7. The summed E-state index contributed by atoms with van der Waals surface area (Å²) in [5, 5.41) is 2.94. The van der Waals surface area contributed by atoms with Crippen LogP contribution in [0.25, 0.3) is 11.5 Å². The van der Waals surface area contributed by atoms with E-state index in [0.717, 1.165) is 18.4 Å². The van der Waals surface area contributed by atoms with Gasteiger partial charge in [-0.3, -0.25) is 9.00 Å².